The molecular weight excluding hydrogens is 334 g/mol. The lowest BCUT2D eigenvalue weighted by Gasteiger charge is -2.25. The number of hydrogen-bond donors (Lipinski definition) is 2. The molecule has 2 N–H and O–H groups in total. The number of carbonyl (C=O) groups is 2. The number of hydrogen-bond acceptors (Lipinski definition) is 5. The van der Waals surface area contributed by atoms with Crippen LogP contribution in [0.4, 0.5) is 0 Å². The van der Waals surface area contributed by atoms with Crippen LogP contribution < -0.4 is 20.3 Å². The van der Waals surface area contributed by atoms with Crippen LogP contribution in [0.2, 0.25) is 0 Å². The highest BCUT2D eigenvalue weighted by Gasteiger charge is 2.27. The molecule has 0 aliphatic carbocycles. The van der Waals surface area contributed by atoms with Gasteiger partial charge in [0, 0.05) is 17.1 Å². The van der Waals surface area contributed by atoms with Gasteiger partial charge >= 0.3 is 0 Å². The molecule has 0 radical (unpaired) electrons. The second-order valence-corrected chi connectivity index (χ2v) is 5.72. The third-order valence-corrected chi connectivity index (χ3v) is 3.97. The van der Waals surface area contributed by atoms with Crippen molar-refractivity contribution in [2.45, 2.75) is 6.10 Å². The zero-order valence-corrected chi connectivity index (χ0v) is 13.6. The van der Waals surface area contributed by atoms with Gasteiger partial charge in [-0.05, 0) is 36.4 Å². The smallest absolute Gasteiger partial charge is 0.283 e. The van der Waals surface area contributed by atoms with Crippen LogP contribution in [-0.4, -0.2) is 29.5 Å². The van der Waals surface area contributed by atoms with Crippen LogP contribution >= 0.6 is 0 Å². The van der Waals surface area contributed by atoms with Gasteiger partial charge in [0.25, 0.3) is 11.8 Å². The van der Waals surface area contributed by atoms with Gasteiger partial charge in [0.05, 0.1) is 5.52 Å². The lowest BCUT2D eigenvalue weighted by Crippen LogP contribution is -2.50. The minimum absolute atomic E-state index is 0.0698. The molecular formula is C19H15N3O4. The van der Waals surface area contributed by atoms with E-state index in [-0.39, 0.29) is 6.61 Å². The van der Waals surface area contributed by atoms with Gasteiger partial charge in [-0.2, -0.15) is 0 Å². The van der Waals surface area contributed by atoms with E-state index in [1.807, 2.05) is 12.1 Å². The summed E-state index contributed by atoms with van der Waals surface area (Å²) in [5, 5.41) is 0.840. The lowest BCUT2D eigenvalue weighted by atomic mass is 10.1. The molecule has 0 bridgehead atoms. The van der Waals surface area contributed by atoms with Crippen LogP contribution in [0.1, 0.15) is 10.4 Å². The van der Waals surface area contributed by atoms with Gasteiger partial charge in [0.1, 0.15) is 6.61 Å². The van der Waals surface area contributed by atoms with E-state index in [1.54, 1.807) is 48.7 Å². The Hall–Kier alpha value is -3.61. The lowest BCUT2D eigenvalue weighted by molar-refractivity contribution is -0.131. The number of rotatable bonds is 2. The standard InChI is InChI=1S/C19H15N3O4/c23-18(13-7-8-14-12(10-13)4-3-9-20-14)21-22-19(24)17-11-25-15-5-1-2-6-16(15)26-17/h1-10,17H,11H2,(H,21,23)(H,22,24)/t17-/m1/s1. The van der Waals surface area contributed by atoms with E-state index in [1.165, 1.54) is 0 Å². The van der Waals surface area contributed by atoms with Crippen molar-refractivity contribution in [3.05, 3.63) is 66.4 Å². The molecule has 2 amide bonds. The molecule has 4 rings (SSSR count). The summed E-state index contributed by atoms with van der Waals surface area (Å²) in [5.41, 5.74) is 5.97. The number of nitrogens with one attached hydrogen (secondary N) is 2. The molecule has 1 aliphatic rings. The Morgan fingerprint density at radius 3 is 2.73 bits per heavy atom. The Balaban J connectivity index is 1.38. The number of hydrazine groups is 1. The van der Waals surface area contributed by atoms with Crippen LogP contribution in [0.25, 0.3) is 10.9 Å². The molecule has 0 saturated carbocycles. The van der Waals surface area contributed by atoms with Crippen molar-refractivity contribution in [2.75, 3.05) is 6.61 Å². The van der Waals surface area contributed by atoms with Gasteiger partial charge < -0.3 is 9.47 Å². The van der Waals surface area contributed by atoms with Gasteiger partial charge in [-0.15, -0.1) is 0 Å². The predicted octanol–water partition coefficient (Wildman–Crippen LogP) is 1.84. The molecule has 2 heterocycles. The molecule has 130 valence electrons. The van der Waals surface area contributed by atoms with E-state index in [2.05, 4.69) is 15.8 Å². The minimum Gasteiger partial charge on any atom is -0.485 e. The van der Waals surface area contributed by atoms with Crippen molar-refractivity contribution in [1.29, 1.82) is 0 Å². The molecule has 26 heavy (non-hydrogen) atoms. The third-order valence-electron chi connectivity index (χ3n) is 3.97. The highest BCUT2D eigenvalue weighted by atomic mass is 16.6. The number of carbonyl (C=O) groups excluding carboxylic acids is 2. The molecule has 1 atom stereocenters. The van der Waals surface area contributed by atoms with Crippen LogP contribution in [0.5, 0.6) is 11.5 Å². The predicted molar refractivity (Wildman–Crippen MR) is 93.7 cm³/mol. The molecule has 0 unspecified atom stereocenters. The summed E-state index contributed by atoms with van der Waals surface area (Å²) in [7, 11) is 0. The molecule has 1 aromatic heterocycles. The highest BCUT2D eigenvalue weighted by molar-refractivity contribution is 5.98. The van der Waals surface area contributed by atoms with E-state index >= 15 is 0 Å². The minimum atomic E-state index is -0.842. The first-order valence-corrected chi connectivity index (χ1v) is 8.04. The fourth-order valence-electron chi connectivity index (χ4n) is 2.64. The van der Waals surface area contributed by atoms with Gasteiger partial charge in [-0.25, -0.2) is 0 Å². The number of pyridine rings is 1. The fourth-order valence-corrected chi connectivity index (χ4v) is 2.64. The maximum Gasteiger partial charge on any atom is 0.283 e. The fraction of sp³-hybridized carbons (Fsp3) is 0.105. The zero-order valence-electron chi connectivity index (χ0n) is 13.6. The first-order valence-electron chi connectivity index (χ1n) is 8.04. The second-order valence-electron chi connectivity index (χ2n) is 5.72. The molecule has 2 aromatic carbocycles. The molecule has 0 saturated heterocycles. The Morgan fingerprint density at radius 2 is 1.85 bits per heavy atom. The van der Waals surface area contributed by atoms with Crippen molar-refractivity contribution in [3.63, 3.8) is 0 Å². The van der Waals surface area contributed by atoms with Crippen LogP contribution in [0, 0.1) is 0 Å². The van der Waals surface area contributed by atoms with Gasteiger partial charge in [-0.1, -0.05) is 18.2 Å². The first-order chi connectivity index (χ1) is 12.7. The van der Waals surface area contributed by atoms with Crippen LogP contribution in [0.3, 0.4) is 0 Å². The average Bonchev–Trinajstić information content (AvgIpc) is 2.71. The van der Waals surface area contributed by atoms with E-state index in [0.29, 0.717) is 17.1 Å². The normalized spacial score (nSPS) is 15.3. The maximum absolute atomic E-state index is 12.3. The summed E-state index contributed by atoms with van der Waals surface area (Å²) >= 11 is 0. The maximum atomic E-state index is 12.3. The van der Waals surface area contributed by atoms with Crippen LogP contribution in [0.15, 0.2) is 60.8 Å². The summed E-state index contributed by atoms with van der Waals surface area (Å²) in [4.78, 5) is 28.7. The topological polar surface area (TPSA) is 89.6 Å². The Labute approximate surface area is 148 Å². The largest absolute Gasteiger partial charge is 0.485 e. The van der Waals surface area contributed by atoms with Crippen molar-refractivity contribution >= 4 is 22.7 Å². The number of aromatic nitrogens is 1. The number of fused-ring (bicyclic) bond motifs is 2. The molecule has 0 spiro atoms. The van der Waals surface area contributed by atoms with E-state index in [4.69, 9.17) is 9.47 Å². The van der Waals surface area contributed by atoms with Crippen molar-refractivity contribution in [3.8, 4) is 11.5 Å². The molecule has 7 nitrogen and oxygen atoms in total. The first kappa shape index (κ1) is 15.9. The van der Waals surface area contributed by atoms with E-state index < -0.39 is 17.9 Å². The zero-order chi connectivity index (χ0) is 17.9. The molecule has 7 heteroatoms. The molecule has 0 fully saturated rings. The summed E-state index contributed by atoms with van der Waals surface area (Å²) in [5.74, 6) is 0.161. The number of amides is 2. The summed E-state index contributed by atoms with van der Waals surface area (Å²) in [6, 6.07) is 15.9. The highest BCUT2D eigenvalue weighted by Crippen LogP contribution is 2.30. The van der Waals surface area contributed by atoms with Crippen molar-refractivity contribution < 1.29 is 19.1 Å². The average molecular weight is 349 g/mol. The number of para-hydroxylation sites is 2. The van der Waals surface area contributed by atoms with Crippen LogP contribution in [-0.2, 0) is 4.79 Å². The number of benzene rings is 2. The van der Waals surface area contributed by atoms with Crippen molar-refractivity contribution in [1.82, 2.24) is 15.8 Å². The van der Waals surface area contributed by atoms with Gasteiger partial charge in [0.15, 0.2) is 11.5 Å². The number of ether oxygens (including phenoxy) is 2. The van der Waals surface area contributed by atoms with Gasteiger partial charge in [0.2, 0.25) is 6.10 Å². The van der Waals surface area contributed by atoms with E-state index in [0.717, 1.165) is 10.9 Å². The number of nitrogens with zero attached hydrogens (tertiary/aromatic N) is 1. The Kier molecular flexibility index (Phi) is 4.10. The summed E-state index contributed by atoms with van der Waals surface area (Å²) < 4.78 is 11.1. The second kappa shape index (κ2) is 6.72. The SMILES string of the molecule is O=C(NNC(=O)[C@H]1COc2ccccc2O1)c1ccc2ncccc2c1. The van der Waals surface area contributed by atoms with Gasteiger partial charge in [-0.3, -0.25) is 25.4 Å². The molecule has 3 aromatic rings. The van der Waals surface area contributed by atoms with Crippen molar-refractivity contribution in [2.24, 2.45) is 0 Å². The van der Waals surface area contributed by atoms with E-state index in [9.17, 15) is 9.59 Å². The molecule has 1 aliphatic heterocycles. The quantitative estimate of drug-likeness (QED) is 0.689. The summed E-state index contributed by atoms with van der Waals surface area (Å²) in [6.07, 6.45) is 0.846. The monoisotopic (exact) mass is 349 g/mol. The Bertz CT molecular complexity index is 989. The third kappa shape index (κ3) is 3.14. The summed E-state index contributed by atoms with van der Waals surface area (Å²) in [6.45, 7) is 0.0698. The Morgan fingerprint density at radius 1 is 1.00 bits per heavy atom.